The second-order valence-corrected chi connectivity index (χ2v) is 3.17. The molecule has 4 nitrogen and oxygen atoms in total. The van der Waals surface area contributed by atoms with Crippen molar-refractivity contribution in [2.45, 2.75) is 6.42 Å². The molecule has 2 rings (SSSR count). The van der Waals surface area contributed by atoms with E-state index in [9.17, 15) is 4.39 Å². The molecule has 0 radical (unpaired) electrons. The Balaban J connectivity index is 2.33. The highest BCUT2D eigenvalue weighted by atomic mass is 35.5. The molecule has 2 aromatic rings. The van der Waals surface area contributed by atoms with Crippen LogP contribution in [0.5, 0.6) is 0 Å². The van der Waals surface area contributed by atoms with E-state index in [1.807, 2.05) is 0 Å². The van der Waals surface area contributed by atoms with Gasteiger partial charge in [0.25, 0.3) is 5.89 Å². The van der Waals surface area contributed by atoms with E-state index in [0.717, 1.165) is 6.20 Å². The Kier molecular flexibility index (Phi) is 2.91. The van der Waals surface area contributed by atoms with Crippen molar-refractivity contribution in [1.82, 2.24) is 15.2 Å². The molecule has 0 aromatic carbocycles. The molecular formula is C9H7ClFN3O. The third kappa shape index (κ3) is 2.12. The minimum atomic E-state index is -0.487. The average molecular weight is 228 g/mol. The number of pyridine rings is 1. The van der Waals surface area contributed by atoms with Crippen LogP contribution >= 0.6 is 11.6 Å². The van der Waals surface area contributed by atoms with Crippen LogP contribution < -0.4 is 0 Å². The summed E-state index contributed by atoms with van der Waals surface area (Å²) >= 11 is 5.51. The highest BCUT2D eigenvalue weighted by molar-refractivity contribution is 6.17. The summed E-state index contributed by atoms with van der Waals surface area (Å²) < 4.78 is 18.5. The van der Waals surface area contributed by atoms with E-state index in [-0.39, 0.29) is 11.5 Å². The summed E-state index contributed by atoms with van der Waals surface area (Å²) in [6.07, 6.45) is 3.03. The maximum atomic E-state index is 13.3. The van der Waals surface area contributed by atoms with Gasteiger partial charge in [-0.15, -0.1) is 21.8 Å². The van der Waals surface area contributed by atoms with Gasteiger partial charge in [-0.1, -0.05) is 0 Å². The van der Waals surface area contributed by atoms with Crippen LogP contribution in [0, 0.1) is 5.82 Å². The standard InChI is InChI=1S/C9H7ClFN3O/c10-3-1-8-13-14-9(15-8)6-2-4-12-5-7(6)11/h2,4-5H,1,3H2. The lowest BCUT2D eigenvalue weighted by Gasteiger charge is -1.94. The van der Waals surface area contributed by atoms with Crippen LogP contribution in [0.3, 0.4) is 0 Å². The summed E-state index contributed by atoms with van der Waals surface area (Å²) in [4.78, 5) is 3.63. The first-order chi connectivity index (χ1) is 7.31. The zero-order chi connectivity index (χ0) is 10.7. The Morgan fingerprint density at radius 2 is 2.27 bits per heavy atom. The largest absolute Gasteiger partial charge is 0.421 e. The zero-order valence-corrected chi connectivity index (χ0v) is 8.41. The van der Waals surface area contributed by atoms with Gasteiger partial charge < -0.3 is 4.42 Å². The monoisotopic (exact) mass is 227 g/mol. The van der Waals surface area contributed by atoms with E-state index in [2.05, 4.69) is 15.2 Å². The Morgan fingerprint density at radius 3 is 3.00 bits per heavy atom. The third-order valence-corrected chi connectivity index (χ3v) is 1.97. The first-order valence-electron chi connectivity index (χ1n) is 4.29. The summed E-state index contributed by atoms with van der Waals surface area (Å²) in [5.74, 6) is 0.449. The van der Waals surface area contributed by atoms with Gasteiger partial charge in [0.05, 0.1) is 11.8 Å². The summed E-state index contributed by atoms with van der Waals surface area (Å²) in [6.45, 7) is 0. The molecule has 15 heavy (non-hydrogen) atoms. The number of alkyl halides is 1. The van der Waals surface area contributed by atoms with Crippen molar-refractivity contribution in [3.8, 4) is 11.5 Å². The van der Waals surface area contributed by atoms with Crippen molar-refractivity contribution in [2.24, 2.45) is 0 Å². The number of hydrogen-bond acceptors (Lipinski definition) is 4. The molecule has 0 aliphatic heterocycles. The van der Waals surface area contributed by atoms with Crippen molar-refractivity contribution < 1.29 is 8.81 Å². The van der Waals surface area contributed by atoms with Gasteiger partial charge in [-0.3, -0.25) is 4.98 Å². The molecule has 78 valence electrons. The van der Waals surface area contributed by atoms with Crippen LogP contribution in [0.1, 0.15) is 5.89 Å². The molecule has 0 unspecified atom stereocenters. The molecule has 2 aromatic heterocycles. The highest BCUT2D eigenvalue weighted by Crippen LogP contribution is 2.20. The average Bonchev–Trinajstić information content (AvgIpc) is 2.68. The summed E-state index contributed by atoms with van der Waals surface area (Å²) in [5.41, 5.74) is 0.248. The van der Waals surface area contributed by atoms with Gasteiger partial charge in [0.15, 0.2) is 5.82 Å². The molecule has 0 spiro atoms. The van der Waals surface area contributed by atoms with E-state index in [0.29, 0.717) is 18.2 Å². The predicted octanol–water partition coefficient (Wildman–Crippen LogP) is 2.05. The van der Waals surface area contributed by atoms with Gasteiger partial charge >= 0.3 is 0 Å². The van der Waals surface area contributed by atoms with Crippen molar-refractivity contribution in [2.75, 3.05) is 5.88 Å². The van der Waals surface area contributed by atoms with Crippen LogP contribution in [0.4, 0.5) is 4.39 Å². The molecule has 2 heterocycles. The Labute approximate surface area is 90.1 Å². The number of rotatable bonds is 3. The van der Waals surface area contributed by atoms with Crippen molar-refractivity contribution in [1.29, 1.82) is 0 Å². The third-order valence-electron chi connectivity index (χ3n) is 1.78. The quantitative estimate of drug-likeness (QED) is 0.753. The van der Waals surface area contributed by atoms with E-state index in [1.165, 1.54) is 12.3 Å². The normalized spacial score (nSPS) is 10.5. The van der Waals surface area contributed by atoms with E-state index < -0.39 is 5.82 Å². The number of hydrogen-bond donors (Lipinski definition) is 0. The van der Waals surface area contributed by atoms with Gasteiger partial charge in [0.1, 0.15) is 0 Å². The molecule has 0 aliphatic rings. The predicted molar refractivity (Wildman–Crippen MR) is 51.9 cm³/mol. The topological polar surface area (TPSA) is 51.8 Å². The van der Waals surface area contributed by atoms with Gasteiger partial charge in [-0.05, 0) is 6.07 Å². The fourth-order valence-corrected chi connectivity index (χ4v) is 1.25. The fraction of sp³-hybridized carbons (Fsp3) is 0.222. The number of halogens is 2. The molecule has 0 saturated heterocycles. The van der Waals surface area contributed by atoms with Crippen LogP contribution in [-0.2, 0) is 6.42 Å². The number of nitrogens with zero attached hydrogens (tertiary/aromatic N) is 3. The Bertz CT molecular complexity index is 460. The Hall–Kier alpha value is -1.49. The van der Waals surface area contributed by atoms with Crippen LogP contribution in [0.15, 0.2) is 22.9 Å². The molecular weight excluding hydrogens is 221 g/mol. The number of aryl methyl sites for hydroxylation is 1. The Morgan fingerprint density at radius 1 is 1.40 bits per heavy atom. The maximum absolute atomic E-state index is 13.3. The zero-order valence-electron chi connectivity index (χ0n) is 7.65. The fourth-order valence-electron chi connectivity index (χ4n) is 1.09. The van der Waals surface area contributed by atoms with Gasteiger partial charge in [0, 0.05) is 18.5 Å². The molecule has 0 bridgehead atoms. The molecule has 0 amide bonds. The maximum Gasteiger partial charge on any atom is 0.250 e. The van der Waals surface area contributed by atoms with Crippen LogP contribution in [-0.4, -0.2) is 21.1 Å². The van der Waals surface area contributed by atoms with E-state index >= 15 is 0 Å². The molecule has 6 heteroatoms. The lowest BCUT2D eigenvalue weighted by atomic mass is 10.2. The minimum Gasteiger partial charge on any atom is -0.421 e. The first kappa shape index (κ1) is 10.0. The summed E-state index contributed by atoms with van der Waals surface area (Å²) in [6, 6.07) is 1.48. The SMILES string of the molecule is Fc1cnccc1-c1nnc(CCCl)o1. The van der Waals surface area contributed by atoms with Crippen molar-refractivity contribution >= 4 is 11.6 Å². The molecule has 0 N–H and O–H groups in total. The van der Waals surface area contributed by atoms with Gasteiger partial charge in [0.2, 0.25) is 5.89 Å². The van der Waals surface area contributed by atoms with E-state index in [4.69, 9.17) is 16.0 Å². The highest BCUT2D eigenvalue weighted by Gasteiger charge is 2.12. The molecule has 0 saturated carbocycles. The second kappa shape index (κ2) is 4.35. The lowest BCUT2D eigenvalue weighted by Crippen LogP contribution is -1.85. The summed E-state index contributed by atoms with van der Waals surface area (Å²) in [7, 11) is 0. The second-order valence-electron chi connectivity index (χ2n) is 2.80. The lowest BCUT2D eigenvalue weighted by molar-refractivity contribution is 0.508. The molecule has 0 aliphatic carbocycles. The van der Waals surface area contributed by atoms with Crippen molar-refractivity contribution in [3.05, 3.63) is 30.2 Å². The van der Waals surface area contributed by atoms with Crippen molar-refractivity contribution in [3.63, 3.8) is 0 Å². The van der Waals surface area contributed by atoms with Gasteiger partial charge in [-0.25, -0.2) is 4.39 Å². The van der Waals surface area contributed by atoms with Crippen LogP contribution in [0.2, 0.25) is 0 Å². The number of aromatic nitrogens is 3. The smallest absolute Gasteiger partial charge is 0.250 e. The summed E-state index contributed by atoms with van der Waals surface area (Å²) in [5, 5.41) is 7.46. The first-order valence-corrected chi connectivity index (χ1v) is 4.83. The van der Waals surface area contributed by atoms with Gasteiger partial charge in [-0.2, -0.15) is 0 Å². The minimum absolute atomic E-state index is 0.148. The van der Waals surface area contributed by atoms with Crippen LogP contribution in [0.25, 0.3) is 11.5 Å². The molecule has 0 fully saturated rings. The molecule has 0 atom stereocenters. The van der Waals surface area contributed by atoms with E-state index in [1.54, 1.807) is 0 Å².